The molecular formula is C22H22N2O. The molecule has 0 fully saturated rings. The first-order chi connectivity index (χ1) is 12.1. The van der Waals surface area contributed by atoms with E-state index in [0.717, 1.165) is 22.4 Å². The fourth-order valence-electron chi connectivity index (χ4n) is 2.69. The zero-order valence-electron chi connectivity index (χ0n) is 14.5. The second-order valence-electron chi connectivity index (χ2n) is 6.24. The van der Waals surface area contributed by atoms with Crippen molar-refractivity contribution in [2.45, 2.75) is 20.4 Å². The van der Waals surface area contributed by atoms with Gasteiger partial charge in [0.05, 0.1) is 0 Å². The molecule has 0 aliphatic carbocycles. The van der Waals surface area contributed by atoms with E-state index in [9.17, 15) is 4.79 Å². The Balaban J connectivity index is 1.62. The number of carbonyl (C=O) groups is 1. The van der Waals surface area contributed by atoms with Crippen molar-refractivity contribution in [2.75, 3.05) is 5.32 Å². The van der Waals surface area contributed by atoms with Crippen LogP contribution in [0, 0.1) is 13.8 Å². The molecule has 0 bridgehead atoms. The molecule has 126 valence electrons. The van der Waals surface area contributed by atoms with Crippen molar-refractivity contribution in [3.63, 3.8) is 0 Å². The standard InChI is InChI=1S/C22H22N2O/c1-16-9-11-19(12-10-16)20-7-4-6-18(14-20)15-23-22(25)24-21-8-3-5-17(2)13-21/h3-14H,15H2,1-2H3,(H2,23,24,25). The van der Waals surface area contributed by atoms with Gasteiger partial charge in [-0.3, -0.25) is 0 Å². The Kier molecular flexibility index (Phi) is 5.14. The Morgan fingerprint density at radius 3 is 2.32 bits per heavy atom. The summed E-state index contributed by atoms with van der Waals surface area (Å²) in [6.45, 7) is 4.56. The van der Waals surface area contributed by atoms with E-state index in [1.807, 2.05) is 43.3 Å². The fraction of sp³-hybridized carbons (Fsp3) is 0.136. The van der Waals surface area contributed by atoms with Gasteiger partial charge in [0.15, 0.2) is 0 Å². The van der Waals surface area contributed by atoms with Gasteiger partial charge in [-0.05, 0) is 54.3 Å². The van der Waals surface area contributed by atoms with Crippen LogP contribution in [0.5, 0.6) is 0 Å². The number of urea groups is 1. The number of carbonyl (C=O) groups excluding carboxylic acids is 1. The zero-order chi connectivity index (χ0) is 17.6. The van der Waals surface area contributed by atoms with Crippen LogP contribution < -0.4 is 10.6 Å². The monoisotopic (exact) mass is 330 g/mol. The van der Waals surface area contributed by atoms with E-state index < -0.39 is 0 Å². The Bertz CT molecular complexity index is 869. The third-order valence-corrected chi connectivity index (χ3v) is 4.04. The summed E-state index contributed by atoms with van der Waals surface area (Å²) in [6, 6.07) is 24.2. The lowest BCUT2D eigenvalue weighted by molar-refractivity contribution is 0.251. The summed E-state index contributed by atoms with van der Waals surface area (Å²) in [5, 5.41) is 5.76. The summed E-state index contributed by atoms with van der Waals surface area (Å²) in [4.78, 5) is 12.1. The Morgan fingerprint density at radius 1 is 0.800 bits per heavy atom. The van der Waals surface area contributed by atoms with E-state index in [1.54, 1.807) is 0 Å². The second-order valence-corrected chi connectivity index (χ2v) is 6.24. The second kappa shape index (κ2) is 7.67. The molecule has 0 atom stereocenters. The van der Waals surface area contributed by atoms with Gasteiger partial charge in [0.1, 0.15) is 0 Å². The minimum absolute atomic E-state index is 0.202. The summed E-state index contributed by atoms with van der Waals surface area (Å²) >= 11 is 0. The topological polar surface area (TPSA) is 41.1 Å². The van der Waals surface area contributed by atoms with Crippen molar-refractivity contribution in [2.24, 2.45) is 0 Å². The van der Waals surface area contributed by atoms with Gasteiger partial charge in [0.2, 0.25) is 0 Å². The summed E-state index contributed by atoms with van der Waals surface area (Å²) in [5.74, 6) is 0. The average molecular weight is 330 g/mol. The molecule has 0 spiro atoms. The molecule has 3 aromatic rings. The van der Waals surface area contributed by atoms with Crippen molar-refractivity contribution in [1.29, 1.82) is 0 Å². The molecule has 0 heterocycles. The van der Waals surface area contributed by atoms with Gasteiger partial charge in [0.25, 0.3) is 0 Å². The van der Waals surface area contributed by atoms with Gasteiger partial charge in [-0.15, -0.1) is 0 Å². The number of amides is 2. The number of hydrogen-bond donors (Lipinski definition) is 2. The van der Waals surface area contributed by atoms with Crippen molar-refractivity contribution in [3.8, 4) is 11.1 Å². The van der Waals surface area contributed by atoms with Crippen LogP contribution in [0.25, 0.3) is 11.1 Å². The minimum atomic E-state index is -0.202. The number of benzene rings is 3. The lowest BCUT2D eigenvalue weighted by atomic mass is 10.0. The number of anilines is 1. The van der Waals surface area contributed by atoms with Gasteiger partial charge in [-0.25, -0.2) is 4.79 Å². The van der Waals surface area contributed by atoms with Gasteiger partial charge in [-0.2, -0.15) is 0 Å². The van der Waals surface area contributed by atoms with Crippen LogP contribution >= 0.6 is 0 Å². The molecule has 0 aliphatic rings. The fourth-order valence-corrected chi connectivity index (χ4v) is 2.69. The smallest absolute Gasteiger partial charge is 0.319 e. The Labute approximate surface area is 148 Å². The molecule has 3 heteroatoms. The highest BCUT2D eigenvalue weighted by molar-refractivity contribution is 5.89. The molecule has 3 rings (SSSR count). The Hall–Kier alpha value is -3.07. The lowest BCUT2D eigenvalue weighted by Gasteiger charge is -2.10. The van der Waals surface area contributed by atoms with E-state index in [0.29, 0.717) is 6.54 Å². The Morgan fingerprint density at radius 2 is 1.56 bits per heavy atom. The van der Waals surface area contributed by atoms with Gasteiger partial charge in [0, 0.05) is 12.2 Å². The number of hydrogen-bond acceptors (Lipinski definition) is 1. The van der Waals surface area contributed by atoms with E-state index in [1.165, 1.54) is 11.1 Å². The first kappa shape index (κ1) is 16.8. The molecule has 25 heavy (non-hydrogen) atoms. The van der Waals surface area contributed by atoms with Crippen LogP contribution in [0.3, 0.4) is 0 Å². The molecule has 0 radical (unpaired) electrons. The molecule has 0 unspecified atom stereocenters. The summed E-state index contributed by atoms with van der Waals surface area (Å²) in [5.41, 5.74) is 6.55. The SMILES string of the molecule is Cc1ccc(-c2cccc(CNC(=O)Nc3cccc(C)c3)c2)cc1. The normalized spacial score (nSPS) is 10.3. The molecular weight excluding hydrogens is 308 g/mol. The molecule has 3 aromatic carbocycles. The number of rotatable bonds is 4. The zero-order valence-corrected chi connectivity index (χ0v) is 14.5. The summed E-state index contributed by atoms with van der Waals surface area (Å²) in [7, 11) is 0. The number of nitrogens with one attached hydrogen (secondary N) is 2. The quantitative estimate of drug-likeness (QED) is 0.670. The van der Waals surface area contributed by atoms with Crippen LogP contribution in [0.15, 0.2) is 72.8 Å². The van der Waals surface area contributed by atoms with Crippen LogP contribution in [-0.4, -0.2) is 6.03 Å². The molecule has 0 aliphatic heterocycles. The van der Waals surface area contributed by atoms with Crippen molar-refractivity contribution < 1.29 is 4.79 Å². The predicted octanol–water partition coefficient (Wildman–Crippen LogP) is 5.29. The third kappa shape index (κ3) is 4.70. The third-order valence-electron chi connectivity index (χ3n) is 4.04. The van der Waals surface area contributed by atoms with Crippen LogP contribution in [0.1, 0.15) is 16.7 Å². The maximum Gasteiger partial charge on any atom is 0.319 e. The van der Waals surface area contributed by atoms with Gasteiger partial charge >= 0.3 is 6.03 Å². The molecule has 2 N–H and O–H groups in total. The summed E-state index contributed by atoms with van der Waals surface area (Å²) < 4.78 is 0. The largest absolute Gasteiger partial charge is 0.334 e. The maximum atomic E-state index is 12.1. The van der Waals surface area contributed by atoms with E-state index in [-0.39, 0.29) is 6.03 Å². The maximum absolute atomic E-state index is 12.1. The van der Waals surface area contributed by atoms with Crippen LogP contribution in [0.4, 0.5) is 10.5 Å². The van der Waals surface area contributed by atoms with E-state index in [2.05, 4.69) is 54.0 Å². The molecule has 0 saturated heterocycles. The first-order valence-electron chi connectivity index (χ1n) is 8.38. The van der Waals surface area contributed by atoms with Gasteiger partial charge < -0.3 is 10.6 Å². The molecule has 3 nitrogen and oxygen atoms in total. The highest BCUT2D eigenvalue weighted by atomic mass is 16.2. The van der Waals surface area contributed by atoms with Crippen molar-refractivity contribution in [3.05, 3.63) is 89.5 Å². The van der Waals surface area contributed by atoms with Crippen molar-refractivity contribution in [1.82, 2.24) is 5.32 Å². The average Bonchev–Trinajstić information content (AvgIpc) is 2.61. The van der Waals surface area contributed by atoms with Crippen LogP contribution in [0.2, 0.25) is 0 Å². The predicted molar refractivity (Wildman–Crippen MR) is 104 cm³/mol. The lowest BCUT2D eigenvalue weighted by Crippen LogP contribution is -2.28. The van der Waals surface area contributed by atoms with Crippen molar-refractivity contribution >= 4 is 11.7 Å². The van der Waals surface area contributed by atoms with Gasteiger partial charge in [-0.1, -0.05) is 60.2 Å². The van der Waals surface area contributed by atoms with E-state index >= 15 is 0 Å². The molecule has 0 aromatic heterocycles. The molecule has 2 amide bonds. The molecule has 0 saturated carbocycles. The minimum Gasteiger partial charge on any atom is -0.334 e. The summed E-state index contributed by atoms with van der Waals surface area (Å²) in [6.07, 6.45) is 0. The van der Waals surface area contributed by atoms with Crippen LogP contribution in [-0.2, 0) is 6.54 Å². The first-order valence-corrected chi connectivity index (χ1v) is 8.38. The number of aryl methyl sites for hydroxylation is 2. The highest BCUT2D eigenvalue weighted by Gasteiger charge is 2.03. The highest BCUT2D eigenvalue weighted by Crippen LogP contribution is 2.21. The van der Waals surface area contributed by atoms with E-state index in [4.69, 9.17) is 0 Å².